The molecule has 0 aliphatic heterocycles. The number of ether oxygens (including phenoxy) is 2. The molecule has 1 aromatic carbocycles. The third-order valence-electron chi connectivity index (χ3n) is 3.57. The first-order valence-electron chi connectivity index (χ1n) is 8.15. The van der Waals surface area contributed by atoms with Gasteiger partial charge in [0.15, 0.2) is 5.13 Å². The molecule has 26 heavy (non-hydrogen) atoms. The van der Waals surface area contributed by atoms with Gasteiger partial charge in [-0.05, 0) is 30.7 Å². The normalized spacial score (nSPS) is 10.4. The third kappa shape index (κ3) is 4.58. The minimum absolute atomic E-state index is 0.121. The highest BCUT2D eigenvalue weighted by Crippen LogP contribution is 2.26. The van der Waals surface area contributed by atoms with Crippen molar-refractivity contribution in [2.24, 2.45) is 0 Å². The number of methoxy groups -OCH3 is 1. The van der Waals surface area contributed by atoms with Gasteiger partial charge in [-0.1, -0.05) is 12.1 Å². The zero-order valence-corrected chi connectivity index (χ0v) is 15.4. The molecule has 0 bridgehead atoms. The zero-order valence-electron chi connectivity index (χ0n) is 14.6. The molecule has 0 saturated heterocycles. The fourth-order valence-electron chi connectivity index (χ4n) is 2.39. The lowest BCUT2D eigenvalue weighted by molar-refractivity contribution is -0.115. The first kappa shape index (κ1) is 17.9. The van der Waals surface area contributed by atoms with Gasteiger partial charge in [0, 0.05) is 23.2 Å². The molecule has 2 heterocycles. The summed E-state index contributed by atoms with van der Waals surface area (Å²) in [7, 11) is 1.60. The van der Waals surface area contributed by atoms with Crippen LogP contribution >= 0.6 is 11.3 Å². The number of rotatable bonds is 7. The van der Waals surface area contributed by atoms with Crippen LogP contribution in [0.15, 0.2) is 48.0 Å². The van der Waals surface area contributed by atoms with Gasteiger partial charge in [-0.3, -0.25) is 4.79 Å². The van der Waals surface area contributed by atoms with Gasteiger partial charge in [0.25, 0.3) is 0 Å². The van der Waals surface area contributed by atoms with Gasteiger partial charge < -0.3 is 14.8 Å². The van der Waals surface area contributed by atoms with Crippen molar-refractivity contribution in [3.05, 3.63) is 53.5 Å². The number of nitrogens with zero attached hydrogens (tertiary/aromatic N) is 2. The molecule has 7 heteroatoms. The number of pyridine rings is 1. The lowest BCUT2D eigenvalue weighted by atomic mass is 10.1. The number of benzene rings is 1. The molecule has 0 spiro atoms. The van der Waals surface area contributed by atoms with E-state index in [0.29, 0.717) is 17.6 Å². The Morgan fingerprint density at radius 3 is 2.96 bits per heavy atom. The quantitative estimate of drug-likeness (QED) is 0.686. The summed E-state index contributed by atoms with van der Waals surface area (Å²) < 4.78 is 10.6. The Morgan fingerprint density at radius 2 is 2.15 bits per heavy atom. The van der Waals surface area contributed by atoms with E-state index in [1.807, 2.05) is 48.7 Å². The Morgan fingerprint density at radius 1 is 1.27 bits per heavy atom. The average molecular weight is 369 g/mol. The second-order valence-corrected chi connectivity index (χ2v) is 6.29. The monoisotopic (exact) mass is 369 g/mol. The molecule has 3 rings (SSSR count). The van der Waals surface area contributed by atoms with E-state index in [9.17, 15) is 4.79 Å². The van der Waals surface area contributed by atoms with Crippen molar-refractivity contribution in [2.45, 2.75) is 13.3 Å². The highest BCUT2D eigenvalue weighted by molar-refractivity contribution is 7.14. The molecule has 3 aromatic rings. The highest BCUT2D eigenvalue weighted by Gasteiger charge is 2.10. The molecule has 6 nitrogen and oxygen atoms in total. The van der Waals surface area contributed by atoms with E-state index in [4.69, 9.17) is 9.47 Å². The number of hydrogen-bond donors (Lipinski definition) is 1. The summed E-state index contributed by atoms with van der Waals surface area (Å²) in [6.45, 7) is 2.46. The Balaban J connectivity index is 1.66. The molecule has 0 radical (unpaired) electrons. The molecule has 1 amide bonds. The fraction of sp³-hybridized carbons (Fsp3) is 0.211. The van der Waals surface area contributed by atoms with Crippen molar-refractivity contribution < 1.29 is 14.3 Å². The largest absolute Gasteiger partial charge is 0.497 e. The van der Waals surface area contributed by atoms with Crippen molar-refractivity contribution in [3.8, 4) is 22.9 Å². The molecule has 0 aliphatic carbocycles. The minimum atomic E-state index is -0.121. The van der Waals surface area contributed by atoms with E-state index >= 15 is 0 Å². The van der Waals surface area contributed by atoms with E-state index < -0.39 is 0 Å². The summed E-state index contributed by atoms with van der Waals surface area (Å²) in [6, 6.07) is 11.1. The van der Waals surface area contributed by atoms with Crippen molar-refractivity contribution in [3.63, 3.8) is 0 Å². The van der Waals surface area contributed by atoms with Crippen molar-refractivity contribution >= 4 is 22.4 Å². The van der Waals surface area contributed by atoms with Gasteiger partial charge >= 0.3 is 0 Å². The maximum absolute atomic E-state index is 12.3. The smallest absolute Gasteiger partial charge is 0.230 e. The van der Waals surface area contributed by atoms with Gasteiger partial charge in [0.05, 0.1) is 25.8 Å². The molecular weight excluding hydrogens is 350 g/mol. The van der Waals surface area contributed by atoms with Crippen LogP contribution in [0.4, 0.5) is 5.13 Å². The van der Waals surface area contributed by atoms with Gasteiger partial charge in [0.2, 0.25) is 11.8 Å². The number of thiazole rings is 1. The number of nitrogens with one attached hydrogen (secondary N) is 1. The standard InChI is InChI=1S/C19H19N3O3S/c1-3-25-18-11-14(7-8-20-18)16-12-26-19(21-16)22-17(23)10-13-5-4-6-15(9-13)24-2/h4-9,11-12H,3,10H2,1-2H3,(H,21,22,23). The molecule has 0 atom stereocenters. The summed E-state index contributed by atoms with van der Waals surface area (Å²) in [6.07, 6.45) is 1.94. The van der Waals surface area contributed by atoms with Crippen LogP contribution in [0.1, 0.15) is 12.5 Å². The van der Waals surface area contributed by atoms with Crippen LogP contribution in [-0.2, 0) is 11.2 Å². The number of carbonyl (C=O) groups excluding carboxylic acids is 1. The average Bonchev–Trinajstić information content (AvgIpc) is 3.11. The summed E-state index contributed by atoms with van der Waals surface area (Å²) in [4.78, 5) is 20.9. The highest BCUT2D eigenvalue weighted by atomic mass is 32.1. The molecule has 2 aromatic heterocycles. The summed E-state index contributed by atoms with van der Waals surface area (Å²) >= 11 is 1.38. The maximum atomic E-state index is 12.3. The number of amides is 1. The van der Waals surface area contributed by atoms with Crippen molar-refractivity contribution in [1.82, 2.24) is 9.97 Å². The fourth-order valence-corrected chi connectivity index (χ4v) is 3.13. The van der Waals surface area contributed by atoms with Crippen LogP contribution in [0.3, 0.4) is 0 Å². The number of aromatic nitrogens is 2. The number of carbonyl (C=O) groups is 1. The topological polar surface area (TPSA) is 73.3 Å². The first-order chi connectivity index (χ1) is 12.7. The van der Waals surface area contributed by atoms with Crippen molar-refractivity contribution in [1.29, 1.82) is 0 Å². The van der Waals surface area contributed by atoms with Crippen LogP contribution in [-0.4, -0.2) is 29.6 Å². The Bertz CT molecular complexity index is 895. The van der Waals surface area contributed by atoms with Gasteiger partial charge in [-0.15, -0.1) is 11.3 Å². The van der Waals surface area contributed by atoms with E-state index in [1.165, 1.54) is 11.3 Å². The first-order valence-corrected chi connectivity index (χ1v) is 9.03. The van der Waals surface area contributed by atoms with Crippen molar-refractivity contribution in [2.75, 3.05) is 19.0 Å². The minimum Gasteiger partial charge on any atom is -0.497 e. The van der Waals surface area contributed by atoms with Gasteiger partial charge in [-0.25, -0.2) is 9.97 Å². The predicted octanol–water partition coefficient (Wildman–Crippen LogP) is 3.79. The Hall–Kier alpha value is -2.93. The molecule has 0 aliphatic rings. The Kier molecular flexibility index (Phi) is 5.80. The third-order valence-corrected chi connectivity index (χ3v) is 4.33. The van der Waals surface area contributed by atoms with E-state index in [-0.39, 0.29) is 12.3 Å². The maximum Gasteiger partial charge on any atom is 0.230 e. The molecule has 0 fully saturated rings. The van der Waals surface area contributed by atoms with Crippen LogP contribution in [0.25, 0.3) is 11.3 Å². The van der Waals surface area contributed by atoms with Crippen LogP contribution in [0.5, 0.6) is 11.6 Å². The molecule has 0 unspecified atom stereocenters. The SMILES string of the molecule is CCOc1cc(-c2csc(NC(=O)Cc3cccc(OC)c3)n2)ccn1. The lowest BCUT2D eigenvalue weighted by Gasteiger charge is -2.05. The molecule has 0 saturated carbocycles. The Labute approximate surface area is 155 Å². The molecular formula is C19H19N3O3S. The number of anilines is 1. The van der Waals surface area contributed by atoms with E-state index in [0.717, 1.165) is 22.6 Å². The van der Waals surface area contributed by atoms with E-state index in [2.05, 4.69) is 15.3 Å². The number of hydrogen-bond acceptors (Lipinski definition) is 6. The molecule has 134 valence electrons. The summed E-state index contributed by atoms with van der Waals surface area (Å²) in [5.41, 5.74) is 2.55. The zero-order chi connectivity index (χ0) is 18.4. The van der Waals surface area contributed by atoms with E-state index in [1.54, 1.807) is 13.3 Å². The molecule has 1 N–H and O–H groups in total. The van der Waals surface area contributed by atoms with Gasteiger partial charge in [0.1, 0.15) is 5.75 Å². The summed E-state index contributed by atoms with van der Waals surface area (Å²) in [5, 5.41) is 5.29. The summed E-state index contributed by atoms with van der Waals surface area (Å²) in [5.74, 6) is 1.17. The lowest BCUT2D eigenvalue weighted by Crippen LogP contribution is -2.14. The van der Waals surface area contributed by atoms with Crippen LogP contribution in [0.2, 0.25) is 0 Å². The van der Waals surface area contributed by atoms with Gasteiger partial charge in [-0.2, -0.15) is 0 Å². The predicted molar refractivity (Wildman–Crippen MR) is 102 cm³/mol. The second kappa shape index (κ2) is 8.44. The van der Waals surface area contributed by atoms with Crippen LogP contribution < -0.4 is 14.8 Å². The van der Waals surface area contributed by atoms with Crippen LogP contribution in [0, 0.1) is 0 Å². The second-order valence-electron chi connectivity index (χ2n) is 5.43.